The Morgan fingerprint density at radius 2 is 2.04 bits per heavy atom. The molecule has 24 heavy (non-hydrogen) atoms. The Morgan fingerprint density at radius 1 is 1.29 bits per heavy atom. The number of rotatable bonds is 6. The van der Waals surface area contributed by atoms with Crippen LogP contribution < -0.4 is 10.6 Å². The molecule has 2 N–H and O–H groups in total. The third-order valence-electron chi connectivity index (χ3n) is 4.27. The molecule has 2 heterocycles. The maximum atomic E-state index is 11.7. The normalized spacial score (nSPS) is 14.5. The van der Waals surface area contributed by atoms with Gasteiger partial charge in [0.25, 0.3) is 0 Å². The molecule has 1 aliphatic carbocycles. The summed E-state index contributed by atoms with van der Waals surface area (Å²) in [5.74, 6) is 0. The quantitative estimate of drug-likeness (QED) is 0.802. The molecular formula is C18H23N5O. The molecule has 2 amide bonds. The lowest BCUT2D eigenvalue weighted by atomic mass is 10.1. The molecule has 0 unspecified atom stereocenters. The molecular weight excluding hydrogens is 302 g/mol. The molecule has 2 aromatic heterocycles. The number of carbonyl (C=O) groups excluding carboxylic acids is 1. The van der Waals surface area contributed by atoms with Crippen LogP contribution in [0.1, 0.15) is 37.4 Å². The molecule has 1 fully saturated rings. The van der Waals surface area contributed by atoms with Gasteiger partial charge in [-0.1, -0.05) is 18.9 Å². The van der Waals surface area contributed by atoms with Crippen LogP contribution in [0.4, 0.5) is 4.79 Å². The second-order valence-corrected chi connectivity index (χ2v) is 5.99. The van der Waals surface area contributed by atoms with E-state index in [-0.39, 0.29) is 6.03 Å². The van der Waals surface area contributed by atoms with E-state index in [0.717, 1.165) is 29.8 Å². The van der Waals surface area contributed by atoms with Crippen molar-refractivity contribution in [1.82, 2.24) is 25.4 Å². The van der Waals surface area contributed by atoms with Gasteiger partial charge < -0.3 is 10.6 Å². The summed E-state index contributed by atoms with van der Waals surface area (Å²) >= 11 is 0. The van der Waals surface area contributed by atoms with Gasteiger partial charge in [0.05, 0.1) is 24.0 Å². The van der Waals surface area contributed by atoms with Crippen LogP contribution in [-0.2, 0) is 6.54 Å². The van der Waals surface area contributed by atoms with E-state index in [0.29, 0.717) is 19.1 Å². The number of carbonyl (C=O) groups is 1. The lowest BCUT2D eigenvalue weighted by Gasteiger charge is -2.14. The van der Waals surface area contributed by atoms with E-state index in [9.17, 15) is 4.79 Å². The third kappa shape index (κ3) is 3.82. The number of hydrogen-bond donors (Lipinski definition) is 2. The van der Waals surface area contributed by atoms with Crippen LogP contribution in [0.5, 0.6) is 0 Å². The van der Waals surface area contributed by atoms with Crippen molar-refractivity contribution in [2.45, 2.75) is 38.3 Å². The number of nitrogens with one attached hydrogen (secondary N) is 2. The van der Waals surface area contributed by atoms with E-state index in [1.807, 2.05) is 12.1 Å². The van der Waals surface area contributed by atoms with Crippen molar-refractivity contribution in [3.8, 4) is 11.3 Å². The lowest BCUT2D eigenvalue weighted by molar-refractivity contribution is 0.241. The Balaban J connectivity index is 1.78. The first-order valence-electron chi connectivity index (χ1n) is 8.39. The second-order valence-electron chi connectivity index (χ2n) is 5.99. The highest BCUT2D eigenvalue weighted by Crippen LogP contribution is 2.33. The first-order chi connectivity index (χ1) is 11.8. The average molecular weight is 325 g/mol. The summed E-state index contributed by atoms with van der Waals surface area (Å²) < 4.78 is 2.13. The number of aromatic nitrogens is 3. The van der Waals surface area contributed by atoms with Crippen molar-refractivity contribution in [3.63, 3.8) is 0 Å². The minimum Gasteiger partial charge on any atom is -0.335 e. The molecule has 0 aromatic carbocycles. The molecule has 1 aliphatic rings. The topological polar surface area (TPSA) is 71.8 Å². The molecule has 6 heteroatoms. The fourth-order valence-corrected chi connectivity index (χ4v) is 3.10. The first kappa shape index (κ1) is 16.2. The van der Waals surface area contributed by atoms with Crippen molar-refractivity contribution in [3.05, 3.63) is 48.9 Å². The van der Waals surface area contributed by atoms with Crippen LogP contribution in [0, 0.1) is 0 Å². The summed E-state index contributed by atoms with van der Waals surface area (Å²) in [6, 6.07) is 6.28. The van der Waals surface area contributed by atoms with Gasteiger partial charge in [-0.25, -0.2) is 4.79 Å². The Bertz CT molecular complexity index is 689. The van der Waals surface area contributed by atoms with Crippen LogP contribution in [0.15, 0.2) is 43.2 Å². The fraction of sp³-hybridized carbons (Fsp3) is 0.389. The van der Waals surface area contributed by atoms with Gasteiger partial charge in [-0.3, -0.25) is 9.67 Å². The van der Waals surface area contributed by atoms with E-state index >= 15 is 0 Å². The summed E-state index contributed by atoms with van der Waals surface area (Å²) in [5.41, 5.74) is 3.06. The van der Waals surface area contributed by atoms with Gasteiger partial charge >= 0.3 is 6.03 Å². The summed E-state index contributed by atoms with van der Waals surface area (Å²) in [7, 11) is 0. The van der Waals surface area contributed by atoms with Gasteiger partial charge in [-0.05, 0) is 31.0 Å². The number of pyridine rings is 1. The summed E-state index contributed by atoms with van der Waals surface area (Å²) in [4.78, 5) is 15.8. The summed E-state index contributed by atoms with van der Waals surface area (Å²) in [6.45, 7) is 4.43. The van der Waals surface area contributed by atoms with E-state index in [2.05, 4.69) is 32.9 Å². The molecule has 0 saturated heterocycles. The summed E-state index contributed by atoms with van der Waals surface area (Å²) in [5, 5.41) is 10.3. The van der Waals surface area contributed by atoms with E-state index in [4.69, 9.17) is 5.10 Å². The van der Waals surface area contributed by atoms with E-state index < -0.39 is 0 Å². The molecule has 0 bridgehead atoms. The maximum Gasteiger partial charge on any atom is 0.315 e. The van der Waals surface area contributed by atoms with Crippen molar-refractivity contribution in [2.75, 3.05) is 6.54 Å². The van der Waals surface area contributed by atoms with E-state index in [1.54, 1.807) is 18.5 Å². The zero-order valence-corrected chi connectivity index (χ0v) is 13.7. The van der Waals surface area contributed by atoms with Gasteiger partial charge in [0.2, 0.25) is 0 Å². The zero-order chi connectivity index (χ0) is 16.8. The lowest BCUT2D eigenvalue weighted by Crippen LogP contribution is -2.35. The van der Waals surface area contributed by atoms with Crippen LogP contribution in [-0.4, -0.2) is 27.3 Å². The number of hydrogen-bond acceptors (Lipinski definition) is 3. The highest BCUT2D eigenvalue weighted by molar-refractivity contribution is 5.74. The van der Waals surface area contributed by atoms with Crippen LogP contribution >= 0.6 is 0 Å². The fourth-order valence-electron chi connectivity index (χ4n) is 3.10. The molecule has 3 rings (SSSR count). The van der Waals surface area contributed by atoms with Crippen LogP contribution in [0.2, 0.25) is 0 Å². The Morgan fingerprint density at radius 3 is 2.75 bits per heavy atom. The first-order valence-corrected chi connectivity index (χ1v) is 8.39. The predicted octanol–water partition coefficient (Wildman–Crippen LogP) is 3.05. The zero-order valence-electron chi connectivity index (χ0n) is 13.7. The monoisotopic (exact) mass is 325 g/mol. The van der Waals surface area contributed by atoms with Gasteiger partial charge in [0, 0.05) is 24.5 Å². The summed E-state index contributed by atoms with van der Waals surface area (Å²) in [6.07, 6.45) is 10.1. The highest BCUT2D eigenvalue weighted by atomic mass is 16.2. The Hall–Kier alpha value is -2.63. The molecule has 126 valence electrons. The third-order valence-corrected chi connectivity index (χ3v) is 4.27. The predicted molar refractivity (Wildman–Crippen MR) is 93.4 cm³/mol. The Labute approximate surface area is 142 Å². The Kier molecular flexibility index (Phi) is 5.25. The van der Waals surface area contributed by atoms with Crippen molar-refractivity contribution < 1.29 is 4.79 Å². The van der Waals surface area contributed by atoms with Gasteiger partial charge in [0.1, 0.15) is 0 Å². The van der Waals surface area contributed by atoms with Crippen molar-refractivity contribution >= 4 is 6.03 Å². The minimum absolute atomic E-state index is 0.212. The molecule has 0 atom stereocenters. The molecule has 2 aromatic rings. The SMILES string of the molecule is C=CCNC(=O)NCc1cc(-c2ccncc2)n(C2CCCC2)n1. The van der Waals surface area contributed by atoms with Crippen LogP contribution in [0.3, 0.4) is 0 Å². The smallest absolute Gasteiger partial charge is 0.315 e. The average Bonchev–Trinajstić information content (AvgIpc) is 3.28. The molecule has 6 nitrogen and oxygen atoms in total. The number of urea groups is 1. The second kappa shape index (κ2) is 7.77. The highest BCUT2D eigenvalue weighted by Gasteiger charge is 2.22. The number of nitrogens with zero attached hydrogens (tertiary/aromatic N) is 3. The van der Waals surface area contributed by atoms with Crippen molar-refractivity contribution in [2.24, 2.45) is 0 Å². The van der Waals surface area contributed by atoms with Gasteiger partial charge in [0.15, 0.2) is 0 Å². The van der Waals surface area contributed by atoms with Crippen LogP contribution in [0.25, 0.3) is 11.3 Å². The van der Waals surface area contributed by atoms with Crippen molar-refractivity contribution in [1.29, 1.82) is 0 Å². The molecule has 1 saturated carbocycles. The number of amides is 2. The molecule has 0 spiro atoms. The molecule has 0 radical (unpaired) electrons. The maximum absolute atomic E-state index is 11.7. The van der Waals surface area contributed by atoms with E-state index in [1.165, 1.54) is 12.8 Å². The standard InChI is InChI=1S/C18H23N5O/c1-2-9-20-18(24)21-13-15-12-17(14-7-10-19-11-8-14)23(22-15)16-5-3-4-6-16/h2,7-8,10-12,16H,1,3-6,9,13H2,(H2,20,21,24). The molecule has 0 aliphatic heterocycles. The van der Waals surface area contributed by atoms with Gasteiger partial charge in [-0.2, -0.15) is 5.10 Å². The minimum atomic E-state index is -0.212. The van der Waals surface area contributed by atoms with Gasteiger partial charge in [-0.15, -0.1) is 6.58 Å². The largest absolute Gasteiger partial charge is 0.335 e.